The molecule has 0 bridgehead atoms. The molecule has 2 aliphatic heterocycles. The first-order valence-electron chi connectivity index (χ1n) is 9.81. The topological polar surface area (TPSA) is 56.8 Å². The van der Waals surface area contributed by atoms with E-state index in [1.165, 1.54) is 4.90 Å². The molecule has 0 saturated carbocycles. The van der Waals surface area contributed by atoms with Crippen LogP contribution in [0, 0.1) is 6.92 Å². The Morgan fingerprint density at radius 1 is 1.10 bits per heavy atom. The second-order valence-corrected chi connectivity index (χ2v) is 8.03. The second kappa shape index (κ2) is 8.12. The van der Waals surface area contributed by atoms with Gasteiger partial charge in [0.15, 0.2) is 0 Å². The van der Waals surface area contributed by atoms with E-state index in [1.807, 2.05) is 24.0 Å². The van der Waals surface area contributed by atoms with Crippen molar-refractivity contribution in [2.75, 3.05) is 36.0 Å². The highest BCUT2D eigenvalue weighted by Gasteiger charge is 2.44. The van der Waals surface area contributed by atoms with E-state index in [0.29, 0.717) is 31.9 Å². The minimum Gasteiger partial charge on any atom is -0.353 e. The number of anilines is 2. The van der Waals surface area contributed by atoms with E-state index in [9.17, 15) is 22.8 Å². The Morgan fingerprint density at radius 3 is 2.39 bits per heavy atom. The van der Waals surface area contributed by atoms with Gasteiger partial charge in [-0.25, -0.2) is 9.88 Å². The van der Waals surface area contributed by atoms with Crippen LogP contribution in [0.1, 0.15) is 17.5 Å². The van der Waals surface area contributed by atoms with Crippen molar-refractivity contribution in [1.82, 2.24) is 9.88 Å². The first-order chi connectivity index (χ1) is 14.7. The van der Waals surface area contributed by atoms with Crippen LogP contribution in [0.15, 0.2) is 36.5 Å². The highest BCUT2D eigenvalue weighted by molar-refractivity contribution is 6.33. The van der Waals surface area contributed by atoms with Crippen LogP contribution in [0.25, 0.3) is 0 Å². The van der Waals surface area contributed by atoms with E-state index < -0.39 is 17.8 Å². The molecule has 2 amide bonds. The Kier molecular flexibility index (Phi) is 5.65. The molecule has 2 aliphatic rings. The number of aromatic nitrogens is 1. The highest BCUT2D eigenvalue weighted by Crippen LogP contribution is 2.34. The number of carbonyl (C=O) groups excluding carboxylic acids is 2. The van der Waals surface area contributed by atoms with Crippen molar-refractivity contribution in [1.29, 1.82) is 0 Å². The quantitative estimate of drug-likeness (QED) is 0.667. The maximum atomic E-state index is 13.0. The molecule has 1 aromatic heterocycles. The summed E-state index contributed by atoms with van der Waals surface area (Å²) < 4.78 is 38.5. The van der Waals surface area contributed by atoms with Crippen LogP contribution in [-0.4, -0.2) is 53.9 Å². The number of amides is 2. The van der Waals surface area contributed by atoms with Gasteiger partial charge in [0.05, 0.1) is 28.7 Å². The van der Waals surface area contributed by atoms with Gasteiger partial charge >= 0.3 is 6.18 Å². The average Bonchev–Trinajstić information content (AvgIpc) is 3.02. The minimum absolute atomic E-state index is 0.0684. The minimum atomic E-state index is -4.51. The van der Waals surface area contributed by atoms with Crippen LogP contribution < -0.4 is 9.80 Å². The predicted molar refractivity (Wildman–Crippen MR) is 110 cm³/mol. The zero-order valence-corrected chi connectivity index (χ0v) is 17.5. The molecule has 164 valence electrons. The Morgan fingerprint density at radius 2 is 1.77 bits per heavy atom. The van der Waals surface area contributed by atoms with Gasteiger partial charge in [0.2, 0.25) is 5.91 Å². The summed E-state index contributed by atoms with van der Waals surface area (Å²) in [6, 6.07) is 7.56. The summed E-state index contributed by atoms with van der Waals surface area (Å²) in [6.45, 7) is 3.64. The molecule has 2 saturated heterocycles. The molecule has 0 N–H and O–H groups in total. The van der Waals surface area contributed by atoms with Crippen molar-refractivity contribution in [2.24, 2.45) is 0 Å². The summed E-state index contributed by atoms with van der Waals surface area (Å²) in [5.41, 5.74) is 0.545. The van der Waals surface area contributed by atoms with Gasteiger partial charge in [0.25, 0.3) is 5.91 Å². The summed E-state index contributed by atoms with van der Waals surface area (Å²) in [7, 11) is 0. The highest BCUT2D eigenvalue weighted by atomic mass is 35.5. The number of aryl methyl sites for hydroxylation is 1. The summed E-state index contributed by atoms with van der Waals surface area (Å²) in [6.07, 6.45) is -3.63. The SMILES string of the molecule is Cc1ccccc1N1C(=O)CC(N2CCN(c3ncc(C(F)(F)F)cc3Cl)CC2)C1=O. The number of para-hydroxylation sites is 1. The van der Waals surface area contributed by atoms with Crippen LogP contribution >= 0.6 is 11.6 Å². The van der Waals surface area contributed by atoms with Crippen molar-refractivity contribution in [3.8, 4) is 0 Å². The number of benzene rings is 1. The van der Waals surface area contributed by atoms with Gasteiger partial charge < -0.3 is 4.90 Å². The number of rotatable bonds is 3. The van der Waals surface area contributed by atoms with E-state index in [0.717, 1.165) is 17.8 Å². The molecule has 0 aliphatic carbocycles. The Labute approximate surface area is 182 Å². The van der Waals surface area contributed by atoms with Crippen molar-refractivity contribution in [3.63, 3.8) is 0 Å². The van der Waals surface area contributed by atoms with E-state index in [-0.39, 0.29) is 29.1 Å². The molecular formula is C21H20ClF3N4O2. The Hall–Kier alpha value is -2.65. The number of imide groups is 1. The van der Waals surface area contributed by atoms with Crippen LogP contribution in [0.5, 0.6) is 0 Å². The third-order valence-electron chi connectivity index (χ3n) is 5.68. The van der Waals surface area contributed by atoms with Gasteiger partial charge in [-0.1, -0.05) is 29.8 Å². The first kappa shape index (κ1) is 21.6. The summed E-state index contributed by atoms with van der Waals surface area (Å²) >= 11 is 6.05. The molecule has 2 fully saturated rings. The normalized spacial score (nSPS) is 20.6. The number of hydrogen-bond acceptors (Lipinski definition) is 5. The van der Waals surface area contributed by atoms with Gasteiger partial charge in [-0.3, -0.25) is 14.5 Å². The molecule has 0 spiro atoms. The molecule has 0 radical (unpaired) electrons. The molecule has 1 atom stereocenters. The maximum Gasteiger partial charge on any atom is 0.417 e. The smallest absolute Gasteiger partial charge is 0.353 e. The monoisotopic (exact) mass is 452 g/mol. The Balaban J connectivity index is 1.44. The predicted octanol–water partition coefficient (Wildman–Crippen LogP) is 3.52. The third-order valence-corrected chi connectivity index (χ3v) is 5.96. The van der Waals surface area contributed by atoms with Crippen LogP contribution in [-0.2, 0) is 15.8 Å². The number of alkyl halides is 3. The second-order valence-electron chi connectivity index (χ2n) is 7.62. The van der Waals surface area contributed by atoms with Crippen molar-refractivity contribution in [3.05, 3.63) is 52.7 Å². The lowest BCUT2D eigenvalue weighted by molar-refractivity contribution is -0.137. The molecule has 1 aromatic carbocycles. The fraction of sp³-hybridized carbons (Fsp3) is 0.381. The van der Waals surface area contributed by atoms with Crippen molar-refractivity contribution >= 4 is 34.9 Å². The van der Waals surface area contributed by atoms with Crippen LogP contribution in [0.2, 0.25) is 5.02 Å². The van der Waals surface area contributed by atoms with Gasteiger partial charge in [0, 0.05) is 32.4 Å². The first-order valence-corrected chi connectivity index (χ1v) is 10.2. The van der Waals surface area contributed by atoms with E-state index in [2.05, 4.69) is 4.98 Å². The molecule has 4 rings (SSSR count). The summed E-state index contributed by atoms with van der Waals surface area (Å²) in [5, 5.41) is -0.0684. The Bertz CT molecular complexity index is 1020. The average molecular weight is 453 g/mol. The number of pyridine rings is 1. The number of halogens is 4. The van der Waals surface area contributed by atoms with Crippen molar-refractivity contribution < 1.29 is 22.8 Å². The lowest BCUT2D eigenvalue weighted by Gasteiger charge is -2.37. The van der Waals surface area contributed by atoms with Crippen molar-refractivity contribution in [2.45, 2.75) is 25.6 Å². The largest absolute Gasteiger partial charge is 0.417 e. The summed E-state index contributed by atoms with van der Waals surface area (Å²) in [5.74, 6) is -0.206. The molecule has 1 unspecified atom stereocenters. The van der Waals surface area contributed by atoms with E-state index in [1.54, 1.807) is 17.0 Å². The van der Waals surface area contributed by atoms with Gasteiger partial charge in [-0.2, -0.15) is 13.2 Å². The van der Waals surface area contributed by atoms with Gasteiger partial charge in [-0.05, 0) is 24.6 Å². The number of hydrogen-bond donors (Lipinski definition) is 0. The van der Waals surface area contributed by atoms with Gasteiger partial charge in [0.1, 0.15) is 5.82 Å². The molecule has 10 heteroatoms. The summed E-state index contributed by atoms with van der Waals surface area (Å²) in [4.78, 5) is 34.5. The molecule has 31 heavy (non-hydrogen) atoms. The lowest BCUT2D eigenvalue weighted by Crippen LogP contribution is -2.53. The van der Waals surface area contributed by atoms with E-state index in [4.69, 9.17) is 11.6 Å². The van der Waals surface area contributed by atoms with Crippen LogP contribution in [0.3, 0.4) is 0 Å². The standard InChI is InChI=1S/C21H20ClF3N4O2/c1-13-4-2-3-5-16(13)29-18(30)11-17(20(29)31)27-6-8-28(9-7-27)19-15(22)10-14(12-26-19)21(23,24)25/h2-5,10,12,17H,6-9,11H2,1H3. The zero-order chi connectivity index (χ0) is 22.3. The van der Waals surface area contributed by atoms with Gasteiger partial charge in [-0.15, -0.1) is 0 Å². The van der Waals surface area contributed by atoms with Crippen LogP contribution in [0.4, 0.5) is 24.7 Å². The molecule has 2 aromatic rings. The number of piperazine rings is 1. The third kappa shape index (κ3) is 4.12. The lowest BCUT2D eigenvalue weighted by atomic mass is 10.1. The maximum absolute atomic E-state index is 13.0. The number of nitrogens with zero attached hydrogens (tertiary/aromatic N) is 4. The van der Waals surface area contributed by atoms with E-state index >= 15 is 0 Å². The number of carbonyl (C=O) groups is 2. The fourth-order valence-corrected chi connectivity index (χ4v) is 4.32. The molecule has 3 heterocycles. The zero-order valence-electron chi connectivity index (χ0n) is 16.7. The molecular weight excluding hydrogens is 433 g/mol. The molecule has 6 nitrogen and oxygen atoms in total. The fourth-order valence-electron chi connectivity index (χ4n) is 4.03.